The fraction of sp³-hybridized carbons (Fsp3) is 0.235. The van der Waals surface area contributed by atoms with E-state index in [1.807, 2.05) is 48.5 Å². The van der Waals surface area contributed by atoms with E-state index in [1.165, 1.54) is 0 Å². The van der Waals surface area contributed by atoms with E-state index in [-0.39, 0.29) is 5.78 Å². The Labute approximate surface area is 140 Å². The van der Waals surface area contributed by atoms with Crippen molar-refractivity contribution in [3.05, 3.63) is 65.2 Å². The van der Waals surface area contributed by atoms with E-state index in [9.17, 15) is 4.79 Å². The van der Waals surface area contributed by atoms with Crippen LogP contribution in [0.5, 0.6) is 5.75 Å². The standard InChI is InChI=1S/C17H14Br2O2/c18-17(19)9-8-13-10-14(6-7-15(13)16(17)20)21-11-12-4-2-1-3-5-12/h1-7,10H,8-9,11H2. The Hall–Kier alpha value is -1.13. The number of rotatable bonds is 3. The summed E-state index contributed by atoms with van der Waals surface area (Å²) < 4.78 is 5.20. The second-order valence-corrected chi connectivity index (χ2v) is 8.90. The topological polar surface area (TPSA) is 26.3 Å². The van der Waals surface area contributed by atoms with Gasteiger partial charge >= 0.3 is 0 Å². The fourth-order valence-corrected chi connectivity index (χ4v) is 3.26. The van der Waals surface area contributed by atoms with Crippen molar-refractivity contribution in [2.75, 3.05) is 0 Å². The van der Waals surface area contributed by atoms with Crippen LogP contribution in [0.25, 0.3) is 0 Å². The minimum absolute atomic E-state index is 0.0818. The van der Waals surface area contributed by atoms with Gasteiger partial charge in [0.1, 0.15) is 15.6 Å². The molecule has 1 aliphatic rings. The lowest BCUT2D eigenvalue weighted by molar-refractivity contribution is 0.0972. The van der Waals surface area contributed by atoms with Gasteiger partial charge < -0.3 is 4.74 Å². The number of aryl methyl sites for hydroxylation is 1. The molecule has 0 saturated carbocycles. The van der Waals surface area contributed by atoms with Crippen LogP contribution in [0.4, 0.5) is 0 Å². The molecule has 0 radical (unpaired) electrons. The zero-order valence-electron chi connectivity index (χ0n) is 11.3. The SMILES string of the molecule is O=C1c2ccc(OCc3ccccc3)cc2CCC1(Br)Br. The number of hydrogen-bond acceptors (Lipinski definition) is 2. The summed E-state index contributed by atoms with van der Waals surface area (Å²) in [4.78, 5) is 12.3. The number of ether oxygens (including phenoxy) is 1. The molecule has 0 aromatic heterocycles. The van der Waals surface area contributed by atoms with Gasteiger partial charge in [0, 0.05) is 5.56 Å². The molecule has 2 aromatic carbocycles. The van der Waals surface area contributed by atoms with Crippen LogP contribution in [-0.2, 0) is 13.0 Å². The Balaban J connectivity index is 1.77. The summed E-state index contributed by atoms with van der Waals surface area (Å²) >= 11 is 6.89. The fourth-order valence-electron chi connectivity index (χ4n) is 2.43. The van der Waals surface area contributed by atoms with Gasteiger partial charge in [0.2, 0.25) is 0 Å². The number of alkyl halides is 2. The summed E-state index contributed by atoms with van der Waals surface area (Å²) in [6.45, 7) is 0.536. The first-order valence-electron chi connectivity index (χ1n) is 6.78. The predicted octanol–water partition coefficient (Wildman–Crippen LogP) is 4.88. The Morgan fingerprint density at radius 1 is 1.10 bits per heavy atom. The van der Waals surface area contributed by atoms with Gasteiger partial charge in [-0.2, -0.15) is 0 Å². The molecule has 0 unspecified atom stereocenters. The van der Waals surface area contributed by atoms with Crippen LogP contribution in [0.1, 0.15) is 27.9 Å². The first-order chi connectivity index (χ1) is 10.1. The average molecular weight is 410 g/mol. The maximum absolute atomic E-state index is 12.3. The summed E-state index contributed by atoms with van der Waals surface area (Å²) in [5, 5.41) is 0. The van der Waals surface area contributed by atoms with E-state index >= 15 is 0 Å². The molecule has 4 heteroatoms. The van der Waals surface area contributed by atoms with E-state index in [0.717, 1.165) is 35.3 Å². The van der Waals surface area contributed by atoms with Crippen LogP contribution in [0.15, 0.2) is 48.5 Å². The second kappa shape index (κ2) is 5.93. The van der Waals surface area contributed by atoms with E-state index in [1.54, 1.807) is 0 Å². The smallest absolute Gasteiger partial charge is 0.190 e. The normalized spacial score (nSPS) is 16.4. The van der Waals surface area contributed by atoms with Gasteiger partial charge in [-0.3, -0.25) is 4.79 Å². The van der Waals surface area contributed by atoms with Crippen molar-refractivity contribution >= 4 is 37.6 Å². The van der Waals surface area contributed by atoms with Gasteiger partial charge in [-0.15, -0.1) is 0 Å². The van der Waals surface area contributed by atoms with Gasteiger partial charge in [-0.1, -0.05) is 62.2 Å². The molecule has 0 saturated heterocycles. The molecule has 21 heavy (non-hydrogen) atoms. The quantitative estimate of drug-likeness (QED) is 0.675. The Bertz CT molecular complexity index is 666. The number of halogens is 2. The minimum atomic E-state index is -0.612. The lowest BCUT2D eigenvalue weighted by atomic mass is 9.90. The number of carbonyl (C=O) groups is 1. The number of Topliss-reactive ketones (excluding diaryl/α,β-unsaturated/α-hetero) is 1. The number of hydrogen-bond donors (Lipinski definition) is 0. The first-order valence-corrected chi connectivity index (χ1v) is 8.37. The number of carbonyl (C=O) groups excluding carboxylic acids is 1. The molecule has 108 valence electrons. The maximum atomic E-state index is 12.3. The second-order valence-electron chi connectivity index (χ2n) is 5.13. The van der Waals surface area contributed by atoms with Crippen molar-refractivity contribution in [2.45, 2.75) is 22.7 Å². The highest BCUT2D eigenvalue weighted by molar-refractivity contribution is 9.26. The van der Waals surface area contributed by atoms with Crippen LogP contribution in [0, 0.1) is 0 Å². The van der Waals surface area contributed by atoms with Crippen molar-refractivity contribution in [1.82, 2.24) is 0 Å². The molecule has 0 atom stereocenters. The van der Waals surface area contributed by atoms with Gasteiger partial charge in [0.05, 0.1) is 0 Å². The molecular weight excluding hydrogens is 396 g/mol. The van der Waals surface area contributed by atoms with Crippen LogP contribution < -0.4 is 4.74 Å². The zero-order valence-corrected chi connectivity index (χ0v) is 14.5. The highest BCUT2D eigenvalue weighted by Gasteiger charge is 2.37. The third kappa shape index (κ3) is 3.22. The van der Waals surface area contributed by atoms with E-state index in [2.05, 4.69) is 31.9 Å². The molecule has 2 nitrogen and oxygen atoms in total. The monoisotopic (exact) mass is 408 g/mol. The molecular formula is C17H14Br2O2. The average Bonchev–Trinajstić information content (AvgIpc) is 2.50. The van der Waals surface area contributed by atoms with Crippen molar-refractivity contribution in [3.63, 3.8) is 0 Å². The van der Waals surface area contributed by atoms with Crippen molar-refractivity contribution in [1.29, 1.82) is 0 Å². The summed E-state index contributed by atoms with van der Waals surface area (Å²) in [6.07, 6.45) is 1.58. The summed E-state index contributed by atoms with van der Waals surface area (Å²) in [7, 11) is 0. The van der Waals surface area contributed by atoms with Gasteiger partial charge in [0.15, 0.2) is 5.78 Å². The predicted molar refractivity (Wildman–Crippen MR) is 90.5 cm³/mol. The van der Waals surface area contributed by atoms with Crippen LogP contribution in [0.2, 0.25) is 0 Å². The number of benzene rings is 2. The van der Waals surface area contributed by atoms with Crippen LogP contribution in [-0.4, -0.2) is 9.02 Å². The van der Waals surface area contributed by atoms with Gasteiger partial charge in [-0.05, 0) is 42.2 Å². The lowest BCUT2D eigenvalue weighted by Gasteiger charge is -2.26. The van der Waals surface area contributed by atoms with Gasteiger partial charge in [-0.25, -0.2) is 0 Å². The summed E-state index contributed by atoms with van der Waals surface area (Å²) in [6, 6.07) is 15.7. The minimum Gasteiger partial charge on any atom is -0.489 e. The van der Waals surface area contributed by atoms with Crippen molar-refractivity contribution < 1.29 is 9.53 Å². The highest BCUT2D eigenvalue weighted by atomic mass is 79.9. The molecule has 0 aliphatic heterocycles. The lowest BCUT2D eigenvalue weighted by Crippen LogP contribution is -2.30. The molecule has 0 heterocycles. The largest absolute Gasteiger partial charge is 0.489 e. The van der Waals surface area contributed by atoms with Crippen LogP contribution >= 0.6 is 31.9 Å². The highest BCUT2D eigenvalue weighted by Crippen LogP contribution is 2.40. The summed E-state index contributed by atoms with van der Waals surface area (Å²) in [5.74, 6) is 0.889. The molecule has 0 amide bonds. The molecule has 1 aliphatic carbocycles. The molecule has 0 spiro atoms. The van der Waals surface area contributed by atoms with Crippen LogP contribution in [0.3, 0.4) is 0 Å². The van der Waals surface area contributed by atoms with E-state index < -0.39 is 3.23 Å². The Kier molecular flexibility index (Phi) is 4.18. The number of fused-ring (bicyclic) bond motifs is 1. The first kappa shape index (κ1) is 14.8. The molecule has 3 rings (SSSR count). The molecule has 0 N–H and O–H groups in total. The zero-order chi connectivity index (χ0) is 14.9. The van der Waals surface area contributed by atoms with Crippen molar-refractivity contribution in [3.8, 4) is 5.75 Å². The Morgan fingerprint density at radius 3 is 2.62 bits per heavy atom. The third-order valence-electron chi connectivity index (χ3n) is 3.61. The van der Waals surface area contributed by atoms with Gasteiger partial charge in [0.25, 0.3) is 0 Å². The molecule has 2 aromatic rings. The molecule has 0 bridgehead atoms. The Morgan fingerprint density at radius 2 is 1.86 bits per heavy atom. The maximum Gasteiger partial charge on any atom is 0.190 e. The van der Waals surface area contributed by atoms with E-state index in [0.29, 0.717) is 6.61 Å². The number of ketones is 1. The van der Waals surface area contributed by atoms with E-state index in [4.69, 9.17) is 4.74 Å². The third-order valence-corrected chi connectivity index (χ3v) is 5.12. The van der Waals surface area contributed by atoms with Crippen molar-refractivity contribution in [2.24, 2.45) is 0 Å². The summed E-state index contributed by atoms with van der Waals surface area (Å²) in [5.41, 5.74) is 2.95. The molecule has 0 fully saturated rings.